The van der Waals surface area contributed by atoms with Crippen molar-refractivity contribution in [2.24, 2.45) is 0 Å². The Kier molecular flexibility index (Phi) is 4.06. The number of carbonyl (C=O) groups is 3. The number of rotatable bonds is 3. The highest BCUT2D eigenvalue weighted by Crippen LogP contribution is 2.30. The fraction of sp³-hybridized carbons (Fsp3) is 0.438. The zero-order chi connectivity index (χ0) is 17.5. The molecule has 0 radical (unpaired) electrons. The number of imide groups is 1. The maximum Gasteiger partial charge on any atom is 0.416 e. The van der Waals surface area contributed by atoms with Gasteiger partial charge in [-0.25, -0.2) is 0 Å². The summed E-state index contributed by atoms with van der Waals surface area (Å²) in [5.41, 5.74) is -0.505. The van der Waals surface area contributed by atoms with E-state index in [4.69, 9.17) is 0 Å². The molecule has 0 aromatic heterocycles. The minimum atomic E-state index is -4.45. The third-order valence-corrected chi connectivity index (χ3v) is 4.28. The Bertz CT molecular complexity index is 680. The number of likely N-dealkylation sites (tertiary alicyclic amines) is 2. The number of halogens is 3. The van der Waals surface area contributed by atoms with Gasteiger partial charge in [0.05, 0.1) is 18.0 Å². The number of amides is 3. The molecule has 1 aromatic rings. The molecule has 3 amide bonds. The maximum absolute atomic E-state index is 12.7. The molecule has 0 spiro atoms. The van der Waals surface area contributed by atoms with Crippen molar-refractivity contribution in [3.8, 4) is 0 Å². The molecule has 1 aromatic carbocycles. The van der Waals surface area contributed by atoms with Crippen LogP contribution >= 0.6 is 0 Å². The van der Waals surface area contributed by atoms with E-state index < -0.39 is 11.7 Å². The molecule has 2 fully saturated rings. The molecule has 2 heterocycles. The van der Waals surface area contributed by atoms with Gasteiger partial charge in [-0.3, -0.25) is 19.3 Å². The monoisotopic (exact) mass is 340 g/mol. The molecular formula is C16H15F3N2O3. The van der Waals surface area contributed by atoms with E-state index in [1.807, 2.05) is 0 Å². The highest BCUT2D eigenvalue weighted by Gasteiger charge is 2.42. The fourth-order valence-electron chi connectivity index (χ4n) is 2.97. The van der Waals surface area contributed by atoms with E-state index in [2.05, 4.69) is 0 Å². The van der Waals surface area contributed by atoms with Crippen molar-refractivity contribution in [2.45, 2.75) is 31.5 Å². The molecule has 0 bridgehead atoms. The van der Waals surface area contributed by atoms with Gasteiger partial charge in [0.1, 0.15) is 0 Å². The second-order valence-electron chi connectivity index (χ2n) is 5.98. The van der Waals surface area contributed by atoms with E-state index in [9.17, 15) is 27.6 Å². The van der Waals surface area contributed by atoms with Crippen molar-refractivity contribution in [1.82, 2.24) is 9.80 Å². The SMILES string of the molecule is O=C(Cc1cccc(C(F)(F)F)c1)N1CC(N2C(=O)CCC2=O)C1. The van der Waals surface area contributed by atoms with Crippen molar-refractivity contribution in [1.29, 1.82) is 0 Å². The second-order valence-corrected chi connectivity index (χ2v) is 5.98. The van der Waals surface area contributed by atoms with E-state index in [1.165, 1.54) is 21.9 Å². The van der Waals surface area contributed by atoms with E-state index in [0.717, 1.165) is 12.1 Å². The Morgan fingerprint density at radius 3 is 2.33 bits per heavy atom. The van der Waals surface area contributed by atoms with Crippen LogP contribution in [0.2, 0.25) is 0 Å². The summed E-state index contributed by atoms with van der Waals surface area (Å²) in [7, 11) is 0. The third kappa shape index (κ3) is 3.13. The predicted octanol–water partition coefficient (Wildman–Crippen LogP) is 1.61. The molecule has 2 aliphatic rings. The summed E-state index contributed by atoms with van der Waals surface area (Å²) in [5.74, 6) is -0.769. The summed E-state index contributed by atoms with van der Waals surface area (Å²) in [5, 5.41) is 0. The van der Waals surface area contributed by atoms with Gasteiger partial charge in [-0.15, -0.1) is 0 Å². The van der Waals surface area contributed by atoms with Crippen LogP contribution in [0, 0.1) is 0 Å². The molecule has 2 saturated heterocycles. The van der Waals surface area contributed by atoms with Gasteiger partial charge in [-0.1, -0.05) is 18.2 Å². The van der Waals surface area contributed by atoms with Gasteiger partial charge in [0.2, 0.25) is 17.7 Å². The quantitative estimate of drug-likeness (QED) is 0.786. The van der Waals surface area contributed by atoms with Gasteiger partial charge in [0.25, 0.3) is 0 Å². The van der Waals surface area contributed by atoms with E-state index in [-0.39, 0.29) is 61.7 Å². The van der Waals surface area contributed by atoms with Crippen molar-refractivity contribution in [3.05, 3.63) is 35.4 Å². The number of hydrogen-bond acceptors (Lipinski definition) is 3. The van der Waals surface area contributed by atoms with Crippen molar-refractivity contribution in [2.75, 3.05) is 13.1 Å². The standard InChI is InChI=1S/C16H15F3N2O3/c17-16(18,19)11-3-1-2-10(6-11)7-15(24)20-8-12(9-20)21-13(22)4-5-14(21)23/h1-3,6,12H,4-5,7-9H2. The van der Waals surface area contributed by atoms with Gasteiger partial charge >= 0.3 is 6.18 Å². The molecule has 8 heteroatoms. The lowest BCUT2D eigenvalue weighted by molar-refractivity contribution is -0.151. The zero-order valence-electron chi connectivity index (χ0n) is 12.7. The molecule has 2 aliphatic heterocycles. The van der Waals surface area contributed by atoms with Crippen molar-refractivity contribution in [3.63, 3.8) is 0 Å². The van der Waals surface area contributed by atoms with Gasteiger partial charge in [-0.05, 0) is 11.6 Å². The average Bonchev–Trinajstić information content (AvgIpc) is 2.77. The van der Waals surface area contributed by atoms with Crippen LogP contribution in [0.3, 0.4) is 0 Å². The Labute approximate surface area is 136 Å². The van der Waals surface area contributed by atoms with Crippen LogP contribution in [0.1, 0.15) is 24.0 Å². The minimum absolute atomic E-state index is 0.140. The minimum Gasteiger partial charge on any atom is -0.338 e. The van der Waals surface area contributed by atoms with Crippen LogP contribution in [-0.2, 0) is 27.0 Å². The first-order chi connectivity index (χ1) is 11.3. The highest BCUT2D eigenvalue weighted by molar-refractivity contribution is 6.02. The molecular weight excluding hydrogens is 325 g/mol. The topological polar surface area (TPSA) is 57.7 Å². The first kappa shape index (κ1) is 16.5. The summed E-state index contributed by atoms with van der Waals surface area (Å²) in [6.45, 7) is 0.491. The van der Waals surface area contributed by atoms with Crippen LogP contribution in [0.15, 0.2) is 24.3 Å². The number of alkyl halides is 3. The van der Waals surface area contributed by atoms with Gasteiger partial charge in [0.15, 0.2) is 0 Å². The number of nitrogens with zero attached hydrogens (tertiary/aromatic N) is 2. The first-order valence-corrected chi connectivity index (χ1v) is 7.54. The maximum atomic E-state index is 12.7. The molecule has 3 rings (SSSR count). The average molecular weight is 340 g/mol. The van der Waals surface area contributed by atoms with Crippen LogP contribution in [0.4, 0.5) is 13.2 Å². The number of hydrogen-bond donors (Lipinski definition) is 0. The van der Waals surface area contributed by atoms with E-state index in [1.54, 1.807) is 0 Å². The molecule has 0 unspecified atom stereocenters. The highest BCUT2D eigenvalue weighted by atomic mass is 19.4. The molecule has 0 atom stereocenters. The molecule has 128 valence electrons. The molecule has 24 heavy (non-hydrogen) atoms. The first-order valence-electron chi connectivity index (χ1n) is 7.54. The predicted molar refractivity (Wildman–Crippen MR) is 76.6 cm³/mol. The van der Waals surface area contributed by atoms with E-state index >= 15 is 0 Å². The fourth-order valence-corrected chi connectivity index (χ4v) is 2.97. The Morgan fingerprint density at radius 2 is 1.75 bits per heavy atom. The molecule has 5 nitrogen and oxygen atoms in total. The lowest BCUT2D eigenvalue weighted by Crippen LogP contribution is -2.62. The summed E-state index contributed by atoms with van der Waals surface area (Å²) >= 11 is 0. The summed E-state index contributed by atoms with van der Waals surface area (Å²) in [4.78, 5) is 38.0. The van der Waals surface area contributed by atoms with Crippen LogP contribution in [0.5, 0.6) is 0 Å². The Hall–Kier alpha value is -2.38. The van der Waals surface area contributed by atoms with Crippen LogP contribution in [-0.4, -0.2) is 46.7 Å². The smallest absolute Gasteiger partial charge is 0.338 e. The van der Waals surface area contributed by atoms with Crippen molar-refractivity contribution < 1.29 is 27.6 Å². The normalized spacial score (nSPS) is 19.0. The van der Waals surface area contributed by atoms with E-state index in [0.29, 0.717) is 0 Å². The summed E-state index contributed by atoms with van der Waals surface area (Å²) < 4.78 is 38.0. The Balaban J connectivity index is 1.58. The summed E-state index contributed by atoms with van der Waals surface area (Å²) in [6.07, 6.45) is -4.18. The summed E-state index contributed by atoms with van der Waals surface area (Å²) in [6, 6.07) is 4.35. The van der Waals surface area contributed by atoms with Crippen molar-refractivity contribution >= 4 is 17.7 Å². The lowest BCUT2D eigenvalue weighted by atomic mass is 10.0. The molecule has 0 saturated carbocycles. The third-order valence-electron chi connectivity index (χ3n) is 4.28. The molecule has 0 N–H and O–H groups in total. The largest absolute Gasteiger partial charge is 0.416 e. The molecule has 0 aliphatic carbocycles. The van der Waals surface area contributed by atoms with Crippen LogP contribution < -0.4 is 0 Å². The number of carbonyl (C=O) groups excluding carboxylic acids is 3. The van der Waals surface area contributed by atoms with Gasteiger partial charge in [0, 0.05) is 25.9 Å². The van der Waals surface area contributed by atoms with Crippen LogP contribution in [0.25, 0.3) is 0 Å². The zero-order valence-corrected chi connectivity index (χ0v) is 12.7. The van der Waals surface area contributed by atoms with Gasteiger partial charge < -0.3 is 4.90 Å². The number of benzene rings is 1. The van der Waals surface area contributed by atoms with Gasteiger partial charge in [-0.2, -0.15) is 13.2 Å². The second kappa shape index (κ2) is 5.92. The lowest BCUT2D eigenvalue weighted by Gasteiger charge is -2.43. The Morgan fingerprint density at radius 1 is 1.12 bits per heavy atom.